The van der Waals surface area contributed by atoms with Gasteiger partial charge in [-0.15, -0.1) is 0 Å². The average Bonchev–Trinajstić information content (AvgIpc) is 2.75. The molecule has 35 heavy (non-hydrogen) atoms. The van der Waals surface area contributed by atoms with Gasteiger partial charge < -0.3 is 24.0 Å². The van der Waals surface area contributed by atoms with Gasteiger partial charge >= 0.3 is 6.09 Å². The van der Waals surface area contributed by atoms with Gasteiger partial charge in [0.25, 0.3) is 0 Å². The number of carbonyl (C=O) groups excluding carboxylic acids is 1. The lowest BCUT2D eigenvalue weighted by Crippen LogP contribution is -2.45. The van der Waals surface area contributed by atoms with Gasteiger partial charge in [0.15, 0.2) is 8.32 Å². The van der Waals surface area contributed by atoms with Crippen molar-refractivity contribution in [3.8, 4) is 0 Å². The van der Waals surface area contributed by atoms with Crippen molar-refractivity contribution in [2.45, 2.75) is 122 Å². The van der Waals surface area contributed by atoms with Gasteiger partial charge in [-0.1, -0.05) is 51.1 Å². The summed E-state index contributed by atoms with van der Waals surface area (Å²) in [7, 11) is -1.84. The van der Waals surface area contributed by atoms with Crippen LogP contribution in [0.1, 0.15) is 79.2 Å². The van der Waals surface area contributed by atoms with Crippen molar-refractivity contribution in [3.05, 3.63) is 35.9 Å². The Bertz CT molecular complexity index is 749. The zero-order valence-electron chi connectivity index (χ0n) is 23.3. The molecule has 0 radical (unpaired) electrons. The number of hydrogen-bond donors (Lipinski definition) is 1. The second-order valence-corrected chi connectivity index (χ2v) is 17.1. The van der Waals surface area contributed by atoms with Crippen LogP contribution in [-0.4, -0.2) is 51.5 Å². The molecule has 2 rings (SSSR count). The second-order valence-electron chi connectivity index (χ2n) is 12.3. The molecule has 0 unspecified atom stereocenters. The number of nitrogens with one attached hydrogen (secondary N) is 1. The Morgan fingerprint density at radius 2 is 1.54 bits per heavy atom. The Hall–Kier alpha value is -1.41. The molecule has 6 nitrogen and oxygen atoms in total. The normalized spacial score (nSPS) is 20.3. The summed E-state index contributed by atoms with van der Waals surface area (Å²) in [5.41, 5.74) is 0.674. The van der Waals surface area contributed by atoms with E-state index in [9.17, 15) is 4.79 Å². The Balaban J connectivity index is 1.80. The lowest BCUT2D eigenvalue weighted by atomic mass is 9.95. The van der Waals surface area contributed by atoms with Crippen molar-refractivity contribution in [3.63, 3.8) is 0 Å². The molecule has 0 bridgehead atoms. The molecular formula is C28H49NO5Si. The van der Waals surface area contributed by atoms with E-state index >= 15 is 0 Å². The van der Waals surface area contributed by atoms with Gasteiger partial charge in [0.2, 0.25) is 0 Å². The van der Waals surface area contributed by atoms with Crippen LogP contribution in [0.4, 0.5) is 4.79 Å². The molecule has 7 heteroatoms. The third-order valence-corrected chi connectivity index (χ3v) is 11.5. The highest BCUT2D eigenvalue weighted by Gasteiger charge is 2.37. The largest absolute Gasteiger partial charge is 0.444 e. The monoisotopic (exact) mass is 507 g/mol. The van der Waals surface area contributed by atoms with E-state index in [-0.39, 0.29) is 23.3 Å². The maximum atomic E-state index is 12.4. The van der Waals surface area contributed by atoms with Crippen molar-refractivity contribution in [2.24, 2.45) is 0 Å². The molecule has 1 saturated carbocycles. The van der Waals surface area contributed by atoms with E-state index in [4.69, 9.17) is 18.6 Å². The topological polar surface area (TPSA) is 66.0 Å². The third kappa shape index (κ3) is 11.5. The fourth-order valence-electron chi connectivity index (χ4n) is 3.75. The summed E-state index contributed by atoms with van der Waals surface area (Å²) in [5, 5.41) is 3.16. The standard InChI is InChI=1S/C28H49NO5Si/c1-27(2,3)34-26(30)29-23(18-19-33-35(7,8)28(4,5)6)21-32-25-16-14-24(15-17-25)31-20-22-12-10-9-11-13-22/h9-13,23-25H,14-21H2,1-8H3,(H,29,30)/t23-,24?,25?/m0/s1. The van der Waals surface area contributed by atoms with Gasteiger partial charge in [-0.2, -0.15) is 0 Å². The number of rotatable bonds is 11. The van der Waals surface area contributed by atoms with E-state index in [1.807, 2.05) is 39.0 Å². The molecule has 1 N–H and O–H groups in total. The zero-order chi connectivity index (χ0) is 26.1. The molecule has 200 valence electrons. The summed E-state index contributed by atoms with van der Waals surface area (Å²) < 4.78 is 24.2. The predicted octanol–water partition coefficient (Wildman–Crippen LogP) is 6.84. The van der Waals surface area contributed by atoms with E-state index in [2.05, 4.69) is 51.3 Å². The fourth-order valence-corrected chi connectivity index (χ4v) is 4.81. The number of amides is 1. The van der Waals surface area contributed by atoms with E-state index in [0.29, 0.717) is 26.2 Å². The van der Waals surface area contributed by atoms with E-state index < -0.39 is 20.0 Å². The minimum atomic E-state index is -1.84. The van der Waals surface area contributed by atoms with Crippen molar-refractivity contribution in [2.75, 3.05) is 13.2 Å². The zero-order valence-corrected chi connectivity index (χ0v) is 24.3. The molecule has 1 atom stereocenters. The number of ether oxygens (including phenoxy) is 3. The van der Waals surface area contributed by atoms with Crippen LogP contribution in [0.3, 0.4) is 0 Å². The van der Waals surface area contributed by atoms with Gasteiger partial charge in [0, 0.05) is 6.61 Å². The molecule has 0 saturated heterocycles. The maximum absolute atomic E-state index is 12.4. The second kappa shape index (κ2) is 13.2. The van der Waals surface area contributed by atoms with Crippen LogP contribution >= 0.6 is 0 Å². The maximum Gasteiger partial charge on any atom is 0.407 e. The summed E-state index contributed by atoms with van der Waals surface area (Å²) in [6, 6.07) is 10.2. The number of alkyl carbamates (subject to hydrolysis) is 1. The van der Waals surface area contributed by atoms with Gasteiger partial charge in [0.1, 0.15) is 5.60 Å². The summed E-state index contributed by atoms with van der Waals surface area (Å²) in [6.07, 6.45) is 4.70. The van der Waals surface area contributed by atoms with Gasteiger partial charge in [-0.25, -0.2) is 4.79 Å². The number of carbonyl (C=O) groups is 1. The van der Waals surface area contributed by atoms with E-state index in [0.717, 1.165) is 25.7 Å². The molecule has 0 aliphatic heterocycles. The molecule has 0 aromatic heterocycles. The molecule has 1 aromatic rings. The van der Waals surface area contributed by atoms with Crippen LogP contribution in [0, 0.1) is 0 Å². The van der Waals surface area contributed by atoms with Crippen LogP contribution in [-0.2, 0) is 25.2 Å². The summed E-state index contributed by atoms with van der Waals surface area (Å²) in [6.45, 7) is 18.5. The van der Waals surface area contributed by atoms with Gasteiger partial charge in [-0.05, 0) is 76.6 Å². The smallest absolute Gasteiger partial charge is 0.407 e. The van der Waals surface area contributed by atoms with Crippen LogP contribution < -0.4 is 5.32 Å². The summed E-state index contributed by atoms with van der Waals surface area (Å²) in [4.78, 5) is 12.4. The van der Waals surface area contributed by atoms with E-state index in [1.54, 1.807) is 0 Å². The molecule has 1 fully saturated rings. The molecule has 0 spiro atoms. The molecule has 0 heterocycles. The Morgan fingerprint density at radius 1 is 0.971 bits per heavy atom. The first-order chi connectivity index (χ1) is 16.2. The van der Waals surface area contributed by atoms with Crippen LogP contribution in [0.2, 0.25) is 18.1 Å². The predicted molar refractivity (Wildman–Crippen MR) is 144 cm³/mol. The highest BCUT2D eigenvalue weighted by atomic mass is 28.4. The minimum absolute atomic E-state index is 0.151. The fraction of sp³-hybridized carbons (Fsp3) is 0.750. The lowest BCUT2D eigenvalue weighted by molar-refractivity contribution is -0.0426. The van der Waals surface area contributed by atoms with Crippen molar-refractivity contribution in [1.29, 1.82) is 0 Å². The van der Waals surface area contributed by atoms with Gasteiger partial charge in [0.05, 0.1) is 31.5 Å². The van der Waals surface area contributed by atoms with Crippen LogP contribution in [0.5, 0.6) is 0 Å². The molecular weight excluding hydrogens is 458 g/mol. The number of benzene rings is 1. The van der Waals surface area contributed by atoms with Crippen molar-refractivity contribution >= 4 is 14.4 Å². The third-order valence-electron chi connectivity index (χ3n) is 6.94. The number of hydrogen-bond acceptors (Lipinski definition) is 5. The average molecular weight is 508 g/mol. The first kappa shape index (κ1) is 29.8. The first-order valence-corrected chi connectivity index (χ1v) is 16.1. The SMILES string of the molecule is CC(C)(C)OC(=O)N[C@@H](CCO[Si](C)(C)C(C)(C)C)COC1CCC(OCc2ccccc2)CC1. The Kier molecular flexibility index (Phi) is 11.3. The van der Waals surface area contributed by atoms with Crippen LogP contribution in [0.15, 0.2) is 30.3 Å². The summed E-state index contributed by atoms with van der Waals surface area (Å²) >= 11 is 0. The molecule has 1 aromatic carbocycles. The summed E-state index contributed by atoms with van der Waals surface area (Å²) in [5.74, 6) is 0. The Labute approximate surface area is 214 Å². The van der Waals surface area contributed by atoms with Crippen molar-refractivity contribution in [1.82, 2.24) is 5.32 Å². The highest BCUT2D eigenvalue weighted by Crippen LogP contribution is 2.36. The minimum Gasteiger partial charge on any atom is -0.444 e. The van der Waals surface area contributed by atoms with Crippen molar-refractivity contribution < 1.29 is 23.4 Å². The lowest BCUT2D eigenvalue weighted by Gasteiger charge is -2.36. The van der Waals surface area contributed by atoms with Crippen LogP contribution in [0.25, 0.3) is 0 Å². The first-order valence-electron chi connectivity index (χ1n) is 13.2. The molecule has 1 amide bonds. The molecule has 1 aliphatic carbocycles. The van der Waals surface area contributed by atoms with E-state index in [1.165, 1.54) is 5.56 Å². The van der Waals surface area contributed by atoms with Gasteiger partial charge in [-0.3, -0.25) is 0 Å². The Morgan fingerprint density at radius 3 is 2.09 bits per heavy atom. The quantitative estimate of drug-likeness (QED) is 0.332. The highest BCUT2D eigenvalue weighted by molar-refractivity contribution is 6.74. The molecule has 1 aliphatic rings.